The molecule has 2 aromatic heterocycles. The normalized spacial score (nSPS) is 10.9. The molecule has 4 aromatic rings. The van der Waals surface area contributed by atoms with Crippen LogP contribution in [0.3, 0.4) is 0 Å². The van der Waals surface area contributed by atoms with Gasteiger partial charge in [0.05, 0.1) is 0 Å². The minimum atomic E-state index is -0.325. The van der Waals surface area contributed by atoms with E-state index in [1.807, 2.05) is 37.4 Å². The van der Waals surface area contributed by atoms with Crippen LogP contribution in [0.4, 0.5) is 10.1 Å². The Labute approximate surface area is 178 Å². The quantitative estimate of drug-likeness (QED) is 0.482. The number of hydrogen-bond donors (Lipinski definition) is 1. The van der Waals surface area contributed by atoms with E-state index >= 15 is 0 Å². The molecular weight excluding hydrogens is 397 g/mol. The molecule has 0 bridgehead atoms. The molecular formula is C23H22FN5O2. The molecule has 7 nitrogen and oxygen atoms in total. The molecule has 158 valence electrons. The molecule has 2 heterocycles. The van der Waals surface area contributed by atoms with E-state index in [1.54, 1.807) is 25.3 Å². The van der Waals surface area contributed by atoms with Gasteiger partial charge in [-0.1, -0.05) is 29.4 Å². The van der Waals surface area contributed by atoms with Gasteiger partial charge in [-0.2, -0.15) is 4.98 Å². The zero-order valence-corrected chi connectivity index (χ0v) is 17.3. The van der Waals surface area contributed by atoms with Crippen molar-refractivity contribution in [1.29, 1.82) is 0 Å². The van der Waals surface area contributed by atoms with Crippen molar-refractivity contribution in [2.45, 2.75) is 33.2 Å². The highest BCUT2D eigenvalue weighted by molar-refractivity contribution is 5.90. The number of carbonyl (C=O) groups is 1. The Balaban J connectivity index is 1.30. The summed E-state index contributed by atoms with van der Waals surface area (Å²) >= 11 is 0. The smallest absolute Gasteiger partial charge is 0.227 e. The summed E-state index contributed by atoms with van der Waals surface area (Å²) in [5.74, 6) is 1.11. The largest absolute Gasteiger partial charge is 0.339 e. The summed E-state index contributed by atoms with van der Waals surface area (Å²) in [7, 11) is 0. The van der Waals surface area contributed by atoms with Crippen LogP contribution < -0.4 is 5.32 Å². The lowest BCUT2D eigenvalue weighted by molar-refractivity contribution is -0.116. The first kappa shape index (κ1) is 20.5. The summed E-state index contributed by atoms with van der Waals surface area (Å²) < 4.78 is 21.0. The molecule has 0 saturated carbocycles. The number of halogens is 1. The zero-order chi connectivity index (χ0) is 21.8. The van der Waals surface area contributed by atoms with Gasteiger partial charge in [0.2, 0.25) is 17.6 Å². The van der Waals surface area contributed by atoms with Crippen LogP contribution in [-0.4, -0.2) is 25.6 Å². The fourth-order valence-electron chi connectivity index (χ4n) is 3.11. The molecule has 31 heavy (non-hydrogen) atoms. The molecule has 8 heteroatoms. The molecule has 4 rings (SSSR count). The number of carbonyl (C=O) groups excluding carboxylic acids is 1. The van der Waals surface area contributed by atoms with Crippen LogP contribution in [0.25, 0.3) is 11.4 Å². The highest BCUT2D eigenvalue weighted by Gasteiger charge is 2.12. The number of amides is 1. The van der Waals surface area contributed by atoms with Crippen LogP contribution in [0.15, 0.2) is 59.4 Å². The van der Waals surface area contributed by atoms with E-state index in [9.17, 15) is 9.18 Å². The van der Waals surface area contributed by atoms with Gasteiger partial charge in [-0.25, -0.2) is 9.37 Å². The molecule has 0 atom stereocenters. The summed E-state index contributed by atoms with van der Waals surface area (Å²) in [5.41, 5.74) is 2.92. The zero-order valence-electron chi connectivity index (χ0n) is 17.3. The van der Waals surface area contributed by atoms with Crippen molar-refractivity contribution < 1.29 is 13.7 Å². The van der Waals surface area contributed by atoms with Gasteiger partial charge in [-0.05, 0) is 43.2 Å². The van der Waals surface area contributed by atoms with E-state index in [2.05, 4.69) is 25.0 Å². The summed E-state index contributed by atoms with van der Waals surface area (Å²) in [6.07, 6.45) is 4.20. The molecule has 0 aliphatic rings. The molecule has 0 fully saturated rings. The fraction of sp³-hybridized carbons (Fsp3) is 0.217. The maximum atomic E-state index is 13.7. The molecule has 0 unspecified atom stereocenters. The van der Waals surface area contributed by atoms with Crippen LogP contribution >= 0.6 is 0 Å². The topological polar surface area (TPSA) is 85.8 Å². The molecule has 2 aromatic carbocycles. The van der Waals surface area contributed by atoms with Gasteiger partial charge in [0.1, 0.15) is 11.6 Å². The Hall–Kier alpha value is -3.81. The lowest BCUT2D eigenvalue weighted by Crippen LogP contribution is -2.12. The Kier molecular flexibility index (Phi) is 5.88. The predicted molar refractivity (Wildman–Crippen MR) is 114 cm³/mol. The second-order valence-electron chi connectivity index (χ2n) is 7.32. The molecule has 1 N–H and O–H groups in total. The van der Waals surface area contributed by atoms with Gasteiger partial charge in [-0.3, -0.25) is 4.79 Å². The lowest BCUT2D eigenvalue weighted by atomic mass is 10.1. The minimum Gasteiger partial charge on any atom is -0.339 e. The number of anilines is 1. The van der Waals surface area contributed by atoms with E-state index < -0.39 is 0 Å². The third kappa shape index (κ3) is 5.03. The molecule has 1 amide bonds. The molecule has 0 radical (unpaired) electrons. The fourth-order valence-corrected chi connectivity index (χ4v) is 3.11. The Morgan fingerprint density at radius 2 is 1.97 bits per heavy atom. The number of aromatic nitrogens is 4. The molecule has 0 spiro atoms. The first-order chi connectivity index (χ1) is 15.0. The van der Waals surface area contributed by atoms with Gasteiger partial charge >= 0.3 is 0 Å². The monoisotopic (exact) mass is 419 g/mol. The SMILES string of the molecule is Cc1ccc(-c2noc(CCC(=O)Nc3ccc(Cn4ccnc4C)cc3)n2)cc1F. The second-order valence-corrected chi connectivity index (χ2v) is 7.32. The van der Waals surface area contributed by atoms with Crippen LogP contribution in [0.2, 0.25) is 0 Å². The van der Waals surface area contributed by atoms with E-state index in [-0.39, 0.29) is 18.1 Å². The van der Waals surface area contributed by atoms with Crippen molar-refractivity contribution in [2.75, 3.05) is 5.32 Å². The minimum absolute atomic E-state index is 0.153. The highest BCUT2D eigenvalue weighted by atomic mass is 19.1. The van der Waals surface area contributed by atoms with Crippen molar-refractivity contribution >= 4 is 11.6 Å². The number of hydrogen-bond acceptors (Lipinski definition) is 5. The first-order valence-electron chi connectivity index (χ1n) is 9.93. The van der Waals surface area contributed by atoms with Crippen molar-refractivity contribution in [3.8, 4) is 11.4 Å². The van der Waals surface area contributed by atoms with E-state index in [0.717, 1.165) is 23.6 Å². The van der Waals surface area contributed by atoms with Crippen molar-refractivity contribution in [3.63, 3.8) is 0 Å². The van der Waals surface area contributed by atoms with E-state index in [1.165, 1.54) is 6.07 Å². The maximum Gasteiger partial charge on any atom is 0.227 e. The highest BCUT2D eigenvalue weighted by Crippen LogP contribution is 2.19. The van der Waals surface area contributed by atoms with Crippen LogP contribution in [0.5, 0.6) is 0 Å². The second kappa shape index (κ2) is 8.91. The summed E-state index contributed by atoms with van der Waals surface area (Å²) in [6.45, 7) is 4.37. The summed E-state index contributed by atoms with van der Waals surface area (Å²) in [5, 5.41) is 6.74. The Morgan fingerprint density at radius 1 is 1.16 bits per heavy atom. The summed E-state index contributed by atoms with van der Waals surface area (Å²) in [4.78, 5) is 20.7. The number of nitrogens with zero attached hydrogens (tertiary/aromatic N) is 4. The Morgan fingerprint density at radius 3 is 2.68 bits per heavy atom. The predicted octanol–water partition coefficient (Wildman–Crippen LogP) is 4.31. The average Bonchev–Trinajstić information content (AvgIpc) is 3.39. The van der Waals surface area contributed by atoms with Crippen LogP contribution in [0.1, 0.15) is 29.3 Å². The van der Waals surface area contributed by atoms with Crippen LogP contribution in [-0.2, 0) is 17.8 Å². The van der Waals surface area contributed by atoms with Crippen LogP contribution in [0, 0.1) is 19.7 Å². The lowest BCUT2D eigenvalue weighted by Gasteiger charge is -2.08. The number of rotatable bonds is 7. The standard InChI is InChI=1S/C23H22FN5O2/c1-15-3-6-18(13-20(15)24)23-27-22(31-28-23)10-9-21(30)26-19-7-4-17(5-8-19)14-29-12-11-25-16(29)2/h3-8,11-13H,9-10,14H2,1-2H3,(H,26,30). The average molecular weight is 419 g/mol. The van der Waals surface area contributed by atoms with Gasteiger partial charge < -0.3 is 14.4 Å². The summed E-state index contributed by atoms with van der Waals surface area (Å²) in [6, 6.07) is 12.5. The maximum absolute atomic E-state index is 13.7. The van der Waals surface area contributed by atoms with Gasteiger partial charge in [0.25, 0.3) is 0 Å². The Bertz CT molecular complexity index is 1200. The van der Waals surface area contributed by atoms with E-state index in [0.29, 0.717) is 29.3 Å². The van der Waals surface area contributed by atoms with Gasteiger partial charge in [0, 0.05) is 43.0 Å². The molecule has 0 aliphatic carbocycles. The third-order valence-electron chi connectivity index (χ3n) is 4.98. The number of imidazole rings is 1. The number of aryl methyl sites for hydroxylation is 3. The first-order valence-corrected chi connectivity index (χ1v) is 9.93. The molecule has 0 aliphatic heterocycles. The van der Waals surface area contributed by atoms with Crippen molar-refractivity contribution in [3.05, 3.63) is 83.5 Å². The van der Waals surface area contributed by atoms with Crippen molar-refractivity contribution in [2.24, 2.45) is 0 Å². The van der Waals surface area contributed by atoms with Crippen molar-refractivity contribution in [1.82, 2.24) is 19.7 Å². The van der Waals surface area contributed by atoms with Gasteiger partial charge in [-0.15, -0.1) is 0 Å². The number of nitrogens with one attached hydrogen (secondary N) is 1. The third-order valence-corrected chi connectivity index (χ3v) is 4.98. The molecule has 0 saturated heterocycles. The van der Waals surface area contributed by atoms with E-state index in [4.69, 9.17) is 4.52 Å². The number of benzene rings is 2. The van der Waals surface area contributed by atoms with Gasteiger partial charge in [0.15, 0.2) is 0 Å².